The molecule has 13 heavy (non-hydrogen) atoms. The number of hydrogen-bond acceptors (Lipinski definition) is 3. The van der Waals surface area contributed by atoms with Crippen molar-refractivity contribution in [2.45, 2.75) is 38.3 Å². The van der Waals surface area contributed by atoms with Gasteiger partial charge in [0.25, 0.3) is 0 Å². The lowest BCUT2D eigenvalue weighted by atomic mass is 10.1. The maximum Gasteiger partial charge on any atom is 0.234 e. The van der Waals surface area contributed by atoms with Gasteiger partial charge in [-0.25, -0.2) is 0 Å². The van der Waals surface area contributed by atoms with Crippen LogP contribution >= 0.6 is 0 Å². The maximum atomic E-state index is 11.1. The summed E-state index contributed by atoms with van der Waals surface area (Å²) in [6.45, 7) is 2.96. The molecule has 3 N–H and O–H groups in total. The molecule has 1 unspecified atom stereocenters. The summed E-state index contributed by atoms with van der Waals surface area (Å²) in [6.07, 6.45) is 2.75. The van der Waals surface area contributed by atoms with Gasteiger partial charge in [-0.05, 0) is 25.8 Å². The molecule has 1 saturated heterocycles. The lowest BCUT2D eigenvalue weighted by Crippen LogP contribution is -2.47. The zero-order chi connectivity index (χ0) is 9.84. The van der Waals surface area contributed by atoms with E-state index in [1.807, 2.05) is 11.8 Å². The molecule has 0 aliphatic carbocycles. The molecule has 1 aliphatic heterocycles. The van der Waals surface area contributed by atoms with Crippen molar-refractivity contribution in [3.05, 3.63) is 0 Å². The monoisotopic (exact) mass is 186 g/mol. The second-order valence-corrected chi connectivity index (χ2v) is 3.54. The van der Waals surface area contributed by atoms with Crippen molar-refractivity contribution in [3.63, 3.8) is 0 Å². The predicted molar refractivity (Wildman–Crippen MR) is 50.1 cm³/mol. The Kier molecular flexibility index (Phi) is 3.69. The van der Waals surface area contributed by atoms with Crippen LogP contribution in [0.4, 0.5) is 0 Å². The molecule has 0 saturated carbocycles. The number of amides is 1. The Hall–Kier alpha value is -0.610. The highest BCUT2D eigenvalue weighted by Gasteiger charge is 2.31. The lowest BCUT2D eigenvalue weighted by Gasteiger charge is -2.29. The number of primary amides is 1. The van der Waals surface area contributed by atoms with E-state index >= 15 is 0 Å². The first-order chi connectivity index (χ1) is 6.20. The van der Waals surface area contributed by atoms with Crippen LogP contribution in [0.15, 0.2) is 0 Å². The third-order valence-electron chi connectivity index (χ3n) is 2.75. The van der Waals surface area contributed by atoms with Gasteiger partial charge in [-0.2, -0.15) is 0 Å². The van der Waals surface area contributed by atoms with E-state index in [4.69, 9.17) is 10.8 Å². The highest BCUT2D eigenvalue weighted by molar-refractivity contribution is 5.79. The van der Waals surface area contributed by atoms with Gasteiger partial charge >= 0.3 is 0 Å². The summed E-state index contributed by atoms with van der Waals surface area (Å²) in [6, 6.07) is -0.0582. The molecular weight excluding hydrogens is 168 g/mol. The largest absolute Gasteiger partial charge is 0.395 e. The van der Waals surface area contributed by atoms with Crippen molar-refractivity contribution >= 4 is 5.91 Å². The minimum absolute atomic E-state index is 0.129. The van der Waals surface area contributed by atoms with Crippen LogP contribution in [0.3, 0.4) is 0 Å². The number of aliphatic hydroxyl groups is 1. The summed E-state index contributed by atoms with van der Waals surface area (Å²) >= 11 is 0. The molecule has 1 amide bonds. The van der Waals surface area contributed by atoms with Gasteiger partial charge in [0.05, 0.1) is 12.6 Å². The minimum Gasteiger partial charge on any atom is -0.395 e. The Morgan fingerprint density at radius 3 is 2.92 bits per heavy atom. The number of nitrogens with two attached hydrogens (primary N) is 1. The molecule has 0 spiro atoms. The first-order valence-electron chi connectivity index (χ1n) is 4.86. The molecule has 4 heteroatoms. The van der Waals surface area contributed by atoms with E-state index < -0.39 is 0 Å². The average molecular weight is 186 g/mol. The molecule has 1 rings (SSSR count). The van der Waals surface area contributed by atoms with Gasteiger partial charge in [-0.15, -0.1) is 0 Å². The summed E-state index contributed by atoms with van der Waals surface area (Å²) in [5.74, 6) is -0.275. The van der Waals surface area contributed by atoms with E-state index in [0.29, 0.717) is 0 Å². The second-order valence-electron chi connectivity index (χ2n) is 3.54. The number of hydrogen-bond donors (Lipinski definition) is 2. The number of carbonyl (C=O) groups excluding carboxylic acids is 1. The summed E-state index contributed by atoms with van der Waals surface area (Å²) in [5, 5.41) is 9.07. The summed E-state index contributed by atoms with van der Waals surface area (Å²) < 4.78 is 0. The van der Waals surface area contributed by atoms with Gasteiger partial charge < -0.3 is 10.8 Å². The first kappa shape index (κ1) is 10.5. The summed E-state index contributed by atoms with van der Waals surface area (Å²) in [4.78, 5) is 13.1. The van der Waals surface area contributed by atoms with Gasteiger partial charge in [0, 0.05) is 6.04 Å². The molecule has 1 aliphatic rings. The Morgan fingerprint density at radius 2 is 2.46 bits per heavy atom. The quantitative estimate of drug-likeness (QED) is 0.634. The van der Waals surface area contributed by atoms with Gasteiger partial charge in [0.1, 0.15) is 0 Å². The van der Waals surface area contributed by atoms with Gasteiger partial charge in [0.15, 0.2) is 0 Å². The fourth-order valence-electron chi connectivity index (χ4n) is 2.06. The number of likely N-dealkylation sites (tertiary alicyclic amines) is 1. The lowest BCUT2D eigenvalue weighted by molar-refractivity contribution is -0.124. The highest BCUT2D eigenvalue weighted by Crippen LogP contribution is 2.20. The number of rotatable bonds is 4. The molecule has 1 fully saturated rings. The molecule has 0 aromatic heterocycles. The zero-order valence-electron chi connectivity index (χ0n) is 8.07. The molecule has 0 radical (unpaired) electrons. The van der Waals surface area contributed by atoms with Crippen molar-refractivity contribution < 1.29 is 9.90 Å². The van der Waals surface area contributed by atoms with Gasteiger partial charge in [-0.3, -0.25) is 9.69 Å². The van der Waals surface area contributed by atoms with Crippen LogP contribution in [0.5, 0.6) is 0 Å². The number of carbonyl (C=O) groups is 1. The minimum atomic E-state index is -0.275. The van der Waals surface area contributed by atoms with E-state index in [-0.39, 0.29) is 24.6 Å². The summed E-state index contributed by atoms with van der Waals surface area (Å²) in [7, 11) is 0. The van der Waals surface area contributed by atoms with Crippen LogP contribution < -0.4 is 5.73 Å². The van der Waals surface area contributed by atoms with Crippen LogP contribution in [0.2, 0.25) is 0 Å². The normalized spacial score (nSPS) is 26.2. The number of aliphatic hydroxyl groups excluding tert-OH is 1. The number of nitrogens with zero attached hydrogens (tertiary/aromatic N) is 1. The van der Waals surface area contributed by atoms with Crippen LogP contribution in [0, 0.1) is 0 Å². The highest BCUT2D eigenvalue weighted by atomic mass is 16.3. The fourth-order valence-corrected chi connectivity index (χ4v) is 2.06. The standard InChI is InChI=1S/C9H18N2O2/c1-2-8(9(10)13)11-5-3-4-7(11)6-12/h7-8,12H,2-6H2,1H3,(H2,10,13)/t7-,8?/m0/s1. The third-order valence-corrected chi connectivity index (χ3v) is 2.75. The molecular formula is C9H18N2O2. The van der Waals surface area contributed by atoms with E-state index in [9.17, 15) is 4.79 Å². The van der Waals surface area contributed by atoms with Crippen molar-refractivity contribution in [1.82, 2.24) is 4.90 Å². The smallest absolute Gasteiger partial charge is 0.234 e. The van der Waals surface area contributed by atoms with E-state index in [2.05, 4.69) is 0 Å². The van der Waals surface area contributed by atoms with Crippen LogP contribution in [-0.2, 0) is 4.79 Å². The SMILES string of the molecule is CCC(C(N)=O)N1CCC[C@H]1CO. The Labute approximate surface area is 78.7 Å². The van der Waals surface area contributed by atoms with Gasteiger partial charge in [-0.1, -0.05) is 6.92 Å². The molecule has 76 valence electrons. The van der Waals surface area contributed by atoms with E-state index in [1.165, 1.54) is 0 Å². The average Bonchev–Trinajstić information content (AvgIpc) is 2.53. The van der Waals surface area contributed by atoms with Crippen molar-refractivity contribution in [2.24, 2.45) is 5.73 Å². The second kappa shape index (κ2) is 4.58. The Morgan fingerprint density at radius 1 is 1.77 bits per heavy atom. The molecule has 2 atom stereocenters. The maximum absolute atomic E-state index is 11.1. The third kappa shape index (κ3) is 2.19. The fraction of sp³-hybridized carbons (Fsp3) is 0.889. The Bertz CT molecular complexity index is 184. The predicted octanol–water partition coefficient (Wildman–Crippen LogP) is -0.293. The molecule has 1 heterocycles. The van der Waals surface area contributed by atoms with Gasteiger partial charge in [0.2, 0.25) is 5.91 Å². The topological polar surface area (TPSA) is 66.6 Å². The van der Waals surface area contributed by atoms with Crippen LogP contribution in [0.25, 0.3) is 0 Å². The van der Waals surface area contributed by atoms with Crippen molar-refractivity contribution in [1.29, 1.82) is 0 Å². The zero-order valence-corrected chi connectivity index (χ0v) is 8.07. The first-order valence-corrected chi connectivity index (χ1v) is 4.86. The van der Waals surface area contributed by atoms with E-state index in [1.54, 1.807) is 0 Å². The van der Waals surface area contributed by atoms with Crippen molar-refractivity contribution in [2.75, 3.05) is 13.2 Å². The van der Waals surface area contributed by atoms with Crippen LogP contribution in [0.1, 0.15) is 26.2 Å². The molecule has 0 bridgehead atoms. The molecule has 0 aromatic rings. The molecule has 4 nitrogen and oxygen atoms in total. The van der Waals surface area contributed by atoms with E-state index in [0.717, 1.165) is 25.8 Å². The van der Waals surface area contributed by atoms with Crippen molar-refractivity contribution in [3.8, 4) is 0 Å². The summed E-state index contributed by atoms with van der Waals surface area (Å²) in [5.41, 5.74) is 5.28. The Balaban J connectivity index is 2.61. The molecule has 0 aromatic carbocycles. The van der Waals surface area contributed by atoms with Crippen LogP contribution in [-0.4, -0.2) is 41.1 Å².